The van der Waals surface area contributed by atoms with Gasteiger partial charge >= 0.3 is 0 Å². The van der Waals surface area contributed by atoms with Crippen LogP contribution in [-0.2, 0) is 0 Å². The van der Waals surface area contributed by atoms with Crippen molar-refractivity contribution in [2.45, 2.75) is 0 Å². The third-order valence-electron chi connectivity index (χ3n) is 6.41. The second-order valence-corrected chi connectivity index (χ2v) is 8.32. The Morgan fingerprint density at radius 1 is 0.545 bits per heavy atom. The van der Waals surface area contributed by atoms with Crippen LogP contribution in [0.4, 0.5) is 11.4 Å². The lowest BCUT2D eigenvalue weighted by molar-refractivity contribution is 0.481. The summed E-state index contributed by atoms with van der Waals surface area (Å²) in [7, 11) is 0. The summed E-state index contributed by atoms with van der Waals surface area (Å²) in [6.45, 7) is 0. The highest BCUT2D eigenvalue weighted by molar-refractivity contribution is 6.09. The minimum Gasteiger partial charge on any atom is -0.453 e. The summed E-state index contributed by atoms with van der Waals surface area (Å²) >= 11 is 0. The van der Waals surface area contributed by atoms with Gasteiger partial charge in [0.15, 0.2) is 11.5 Å². The molecule has 1 aliphatic rings. The van der Waals surface area contributed by atoms with Gasteiger partial charge in [-0.1, -0.05) is 72.8 Å². The zero-order valence-electron chi connectivity index (χ0n) is 17.8. The molecule has 156 valence electrons. The van der Waals surface area contributed by atoms with E-state index < -0.39 is 0 Å². The lowest BCUT2D eigenvalue weighted by atomic mass is 10.0. The quantitative estimate of drug-likeness (QED) is 0.302. The average Bonchev–Trinajstić information content (AvgIpc) is 3.22. The lowest BCUT2D eigenvalue weighted by Crippen LogP contribution is -2.04. The van der Waals surface area contributed by atoms with Crippen molar-refractivity contribution in [2.24, 2.45) is 0 Å². The van der Waals surface area contributed by atoms with Crippen LogP contribution in [0, 0.1) is 0 Å². The summed E-state index contributed by atoms with van der Waals surface area (Å²) < 4.78 is 8.49. The van der Waals surface area contributed by atoms with Gasteiger partial charge in [0.1, 0.15) is 0 Å². The molecule has 2 heterocycles. The van der Waals surface area contributed by atoms with Gasteiger partial charge in [-0.3, -0.25) is 0 Å². The third kappa shape index (κ3) is 2.76. The third-order valence-corrected chi connectivity index (χ3v) is 6.41. The number of nitrogens with one attached hydrogen (secondary N) is 1. The summed E-state index contributed by atoms with van der Waals surface area (Å²) in [6.07, 6.45) is 0. The van der Waals surface area contributed by atoms with Crippen molar-refractivity contribution in [1.82, 2.24) is 4.57 Å². The Kier molecular flexibility index (Phi) is 3.84. The molecule has 0 radical (unpaired) electrons. The normalized spacial score (nSPS) is 12.1. The van der Waals surface area contributed by atoms with Gasteiger partial charge in [0.2, 0.25) is 0 Å². The molecule has 0 saturated carbocycles. The van der Waals surface area contributed by atoms with E-state index in [0.717, 1.165) is 39.7 Å². The number of nitrogens with zero attached hydrogens (tertiary/aromatic N) is 1. The Bertz CT molecular complexity index is 1610. The number of hydrogen-bond donors (Lipinski definition) is 1. The Labute approximate surface area is 191 Å². The number of benzene rings is 5. The molecule has 6 aromatic rings. The molecule has 33 heavy (non-hydrogen) atoms. The fourth-order valence-corrected chi connectivity index (χ4v) is 4.89. The van der Waals surface area contributed by atoms with E-state index in [-0.39, 0.29) is 0 Å². The zero-order valence-corrected chi connectivity index (χ0v) is 17.8. The van der Waals surface area contributed by atoms with Gasteiger partial charge in [0.25, 0.3) is 0 Å². The predicted octanol–water partition coefficient (Wildman–Crippen LogP) is 8.30. The van der Waals surface area contributed by atoms with Crippen molar-refractivity contribution in [3.8, 4) is 28.3 Å². The summed E-state index contributed by atoms with van der Waals surface area (Å²) in [6, 6.07) is 40.2. The van der Waals surface area contributed by atoms with E-state index in [1.54, 1.807) is 0 Å². The van der Waals surface area contributed by atoms with Crippen LogP contribution >= 0.6 is 0 Å². The van der Waals surface area contributed by atoms with Crippen molar-refractivity contribution in [2.75, 3.05) is 5.32 Å². The molecular weight excluding hydrogens is 404 g/mol. The fraction of sp³-hybridized carbons (Fsp3) is 0. The molecule has 0 atom stereocenters. The standard InChI is InChI=1S/C30H20N2O/c1-4-12-26-23(8-1)24-9-2-5-13-27(24)32(26)21-18-16-20(17-19-21)22-10-7-15-29-30(22)31-25-11-3-6-14-28(25)33-29/h1-19,31H. The van der Waals surface area contributed by atoms with E-state index in [1.165, 1.54) is 21.8 Å². The largest absolute Gasteiger partial charge is 0.453 e. The molecule has 0 spiro atoms. The van der Waals surface area contributed by atoms with E-state index >= 15 is 0 Å². The van der Waals surface area contributed by atoms with E-state index in [4.69, 9.17) is 4.74 Å². The molecule has 3 nitrogen and oxygen atoms in total. The molecule has 1 aliphatic heterocycles. The van der Waals surface area contributed by atoms with Crippen molar-refractivity contribution < 1.29 is 4.74 Å². The molecule has 1 aromatic heterocycles. The van der Waals surface area contributed by atoms with Gasteiger partial charge < -0.3 is 14.6 Å². The lowest BCUT2D eigenvalue weighted by Gasteiger charge is -2.24. The number of para-hydroxylation sites is 5. The first kappa shape index (κ1) is 18.1. The summed E-state index contributed by atoms with van der Waals surface area (Å²) in [5, 5.41) is 6.11. The number of fused-ring (bicyclic) bond motifs is 5. The highest BCUT2D eigenvalue weighted by Crippen LogP contribution is 2.46. The Morgan fingerprint density at radius 3 is 1.94 bits per heavy atom. The van der Waals surface area contributed by atoms with Crippen molar-refractivity contribution in [1.29, 1.82) is 0 Å². The second kappa shape index (κ2) is 7.01. The molecule has 1 N–H and O–H groups in total. The topological polar surface area (TPSA) is 26.2 Å². The first-order valence-corrected chi connectivity index (χ1v) is 11.1. The molecule has 0 aliphatic carbocycles. The first-order chi connectivity index (χ1) is 16.4. The van der Waals surface area contributed by atoms with E-state index in [9.17, 15) is 0 Å². The zero-order chi connectivity index (χ0) is 21.8. The number of aromatic nitrogens is 1. The van der Waals surface area contributed by atoms with Crippen molar-refractivity contribution in [3.63, 3.8) is 0 Å². The number of ether oxygens (including phenoxy) is 1. The first-order valence-electron chi connectivity index (χ1n) is 11.1. The summed E-state index contributed by atoms with van der Waals surface area (Å²) in [5.41, 5.74) is 7.84. The molecule has 0 amide bonds. The van der Waals surface area contributed by atoms with Crippen LogP contribution in [0.2, 0.25) is 0 Å². The van der Waals surface area contributed by atoms with E-state index in [2.05, 4.69) is 88.7 Å². The SMILES string of the molecule is c1ccc2c(c1)Nc1c(cccc1-c1ccc(-n3c4ccccc4c4ccccc43)cc1)O2. The van der Waals surface area contributed by atoms with Crippen LogP contribution in [0.25, 0.3) is 38.6 Å². The van der Waals surface area contributed by atoms with Crippen LogP contribution < -0.4 is 10.1 Å². The van der Waals surface area contributed by atoms with Gasteiger partial charge in [-0.15, -0.1) is 0 Å². The molecule has 0 bridgehead atoms. The van der Waals surface area contributed by atoms with Gasteiger partial charge in [-0.25, -0.2) is 0 Å². The van der Waals surface area contributed by atoms with Crippen LogP contribution in [0.3, 0.4) is 0 Å². The Balaban J connectivity index is 1.34. The maximum absolute atomic E-state index is 6.15. The Morgan fingerprint density at radius 2 is 1.18 bits per heavy atom. The molecular formula is C30H20N2O. The number of rotatable bonds is 2. The minimum atomic E-state index is 0.845. The monoisotopic (exact) mass is 424 g/mol. The van der Waals surface area contributed by atoms with Crippen LogP contribution in [0.1, 0.15) is 0 Å². The second-order valence-electron chi connectivity index (χ2n) is 8.32. The Hall–Kier alpha value is -4.50. The van der Waals surface area contributed by atoms with Gasteiger partial charge in [-0.05, 0) is 48.0 Å². The molecule has 0 fully saturated rings. The average molecular weight is 425 g/mol. The maximum atomic E-state index is 6.15. The van der Waals surface area contributed by atoms with Crippen molar-refractivity contribution in [3.05, 3.63) is 115 Å². The maximum Gasteiger partial charge on any atom is 0.151 e. The number of hydrogen-bond acceptors (Lipinski definition) is 2. The van der Waals surface area contributed by atoms with E-state index in [1.807, 2.05) is 36.4 Å². The minimum absolute atomic E-state index is 0.845. The van der Waals surface area contributed by atoms with Crippen LogP contribution in [0.15, 0.2) is 115 Å². The van der Waals surface area contributed by atoms with Crippen LogP contribution in [-0.4, -0.2) is 4.57 Å². The highest BCUT2D eigenvalue weighted by Gasteiger charge is 2.19. The molecule has 7 rings (SSSR count). The van der Waals surface area contributed by atoms with Crippen molar-refractivity contribution >= 4 is 33.2 Å². The van der Waals surface area contributed by atoms with Gasteiger partial charge in [-0.2, -0.15) is 0 Å². The van der Waals surface area contributed by atoms with E-state index in [0.29, 0.717) is 0 Å². The molecule has 5 aromatic carbocycles. The summed E-state index contributed by atoms with van der Waals surface area (Å²) in [4.78, 5) is 0. The highest BCUT2D eigenvalue weighted by atomic mass is 16.5. The predicted molar refractivity (Wildman–Crippen MR) is 136 cm³/mol. The van der Waals surface area contributed by atoms with Crippen LogP contribution in [0.5, 0.6) is 11.5 Å². The van der Waals surface area contributed by atoms with Gasteiger partial charge in [0.05, 0.1) is 22.4 Å². The number of anilines is 2. The van der Waals surface area contributed by atoms with Gasteiger partial charge in [0, 0.05) is 22.0 Å². The fourth-order valence-electron chi connectivity index (χ4n) is 4.89. The molecule has 0 saturated heterocycles. The molecule has 0 unspecified atom stereocenters. The smallest absolute Gasteiger partial charge is 0.151 e. The molecule has 3 heteroatoms. The summed E-state index contributed by atoms with van der Waals surface area (Å²) in [5.74, 6) is 1.70.